The molecule has 1 aliphatic carbocycles. The van der Waals surface area contributed by atoms with Gasteiger partial charge in [-0.1, -0.05) is 24.3 Å². The quantitative estimate of drug-likeness (QED) is 0.779. The summed E-state index contributed by atoms with van der Waals surface area (Å²) in [4.78, 5) is 11.7. The number of carbonyl (C=O) groups excluding carboxylic acids is 1. The first-order valence-electron chi connectivity index (χ1n) is 7.22. The van der Waals surface area contributed by atoms with Gasteiger partial charge in [-0.2, -0.15) is 0 Å². The van der Waals surface area contributed by atoms with Gasteiger partial charge < -0.3 is 15.2 Å². The summed E-state index contributed by atoms with van der Waals surface area (Å²) < 4.78 is 4.92. The minimum atomic E-state index is -0.925. The van der Waals surface area contributed by atoms with Gasteiger partial charge in [-0.25, -0.2) is 0 Å². The van der Waals surface area contributed by atoms with E-state index in [1.165, 1.54) is 5.56 Å². The summed E-state index contributed by atoms with van der Waals surface area (Å²) in [5.74, 6) is -0.0291. The van der Waals surface area contributed by atoms with Gasteiger partial charge >= 0.3 is 0 Å². The zero-order chi connectivity index (χ0) is 14.4. The zero-order valence-electron chi connectivity index (χ0n) is 12.0. The lowest BCUT2D eigenvalue weighted by Crippen LogP contribution is -2.43. The summed E-state index contributed by atoms with van der Waals surface area (Å²) in [6.07, 6.45) is 3.79. The summed E-state index contributed by atoms with van der Waals surface area (Å²) in [6, 6.07) is 7.95. The van der Waals surface area contributed by atoms with Crippen LogP contribution in [0.3, 0.4) is 0 Å². The van der Waals surface area contributed by atoms with Gasteiger partial charge in [0.1, 0.15) is 5.60 Å². The van der Waals surface area contributed by atoms with Gasteiger partial charge in [0.2, 0.25) is 5.91 Å². The van der Waals surface area contributed by atoms with E-state index in [1.54, 1.807) is 7.11 Å². The molecule has 1 aliphatic rings. The number of hydrogen-bond donors (Lipinski definition) is 2. The van der Waals surface area contributed by atoms with Crippen LogP contribution in [0.4, 0.5) is 0 Å². The number of ether oxygens (including phenoxy) is 1. The van der Waals surface area contributed by atoms with Crippen molar-refractivity contribution >= 4 is 5.91 Å². The van der Waals surface area contributed by atoms with E-state index in [1.807, 2.05) is 18.2 Å². The fourth-order valence-electron chi connectivity index (χ4n) is 2.79. The highest BCUT2D eigenvalue weighted by Crippen LogP contribution is 2.34. The first-order valence-corrected chi connectivity index (χ1v) is 7.22. The Kier molecular flexibility index (Phi) is 5.15. The van der Waals surface area contributed by atoms with E-state index >= 15 is 0 Å². The van der Waals surface area contributed by atoms with Gasteiger partial charge in [0, 0.05) is 20.1 Å². The Labute approximate surface area is 120 Å². The first kappa shape index (κ1) is 15.0. The van der Waals surface area contributed by atoms with Crippen molar-refractivity contribution in [1.82, 2.24) is 5.32 Å². The number of nitrogens with one attached hydrogen (secondary N) is 1. The Morgan fingerprint density at radius 2 is 2.25 bits per heavy atom. The SMILES string of the molecule is COCCCC(=O)NCC1(O)CCCc2ccccc21. The van der Waals surface area contributed by atoms with Crippen LogP contribution in [0.5, 0.6) is 0 Å². The number of amides is 1. The molecule has 1 amide bonds. The Morgan fingerprint density at radius 3 is 3.05 bits per heavy atom. The van der Waals surface area contributed by atoms with Crippen molar-refractivity contribution in [2.24, 2.45) is 0 Å². The van der Waals surface area contributed by atoms with Crippen LogP contribution < -0.4 is 5.32 Å². The summed E-state index contributed by atoms with van der Waals surface area (Å²) in [6.45, 7) is 0.871. The minimum absolute atomic E-state index is 0.0291. The largest absolute Gasteiger partial charge is 0.385 e. The van der Waals surface area contributed by atoms with Crippen molar-refractivity contribution in [3.8, 4) is 0 Å². The van der Waals surface area contributed by atoms with Crippen molar-refractivity contribution in [3.05, 3.63) is 35.4 Å². The summed E-state index contributed by atoms with van der Waals surface area (Å²) >= 11 is 0. The second-order valence-electron chi connectivity index (χ2n) is 5.42. The molecule has 1 aromatic rings. The lowest BCUT2D eigenvalue weighted by Gasteiger charge is -2.34. The Bertz CT molecular complexity index is 461. The molecule has 0 radical (unpaired) electrons. The van der Waals surface area contributed by atoms with Crippen LogP contribution in [-0.4, -0.2) is 31.3 Å². The van der Waals surface area contributed by atoms with Gasteiger partial charge in [-0.15, -0.1) is 0 Å². The molecule has 0 aliphatic heterocycles. The molecule has 2 rings (SSSR count). The molecular formula is C16H23NO3. The van der Waals surface area contributed by atoms with Gasteiger partial charge in [0.25, 0.3) is 0 Å². The van der Waals surface area contributed by atoms with E-state index in [2.05, 4.69) is 11.4 Å². The number of fused-ring (bicyclic) bond motifs is 1. The molecule has 0 heterocycles. The lowest BCUT2D eigenvalue weighted by atomic mass is 9.79. The second-order valence-corrected chi connectivity index (χ2v) is 5.42. The molecule has 0 saturated heterocycles. The third-order valence-corrected chi connectivity index (χ3v) is 3.89. The van der Waals surface area contributed by atoms with E-state index in [0.717, 1.165) is 18.4 Å². The standard InChI is InChI=1S/C16H23NO3/c1-20-11-5-9-15(18)17-12-16(19)10-4-7-13-6-2-3-8-14(13)16/h2-3,6,8,19H,4-5,7,9-12H2,1H3,(H,17,18). The monoisotopic (exact) mass is 277 g/mol. The van der Waals surface area contributed by atoms with Crippen LogP contribution in [0.1, 0.15) is 36.8 Å². The Hall–Kier alpha value is -1.39. The lowest BCUT2D eigenvalue weighted by molar-refractivity contribution is -0.123. The van der Waals surface area contributed by atoms with E-state index in [-0.39, 0.29) is 12.5 Å². The fraction of sp³-hybridized carbons (Fsp3) is 0.562. The average molecular weight is 277 g/mol. The van der Waals surface area contributed by atoms with Crippen molar-refractivity contribution in [1.29, 1.82) is 0 Å². The molecule has 0 aromatic heterocycles. The zero-order valence-corrected chi connectivity index (χ0v) is 12.0. The van der Waals surface area contributed by atoms with Crippen molar-refractivity contribution < 1.29 is 14.6 Å². The minimum Gasteiger partial charge on any atom is -0.385 e. The number of carbonyl (C=O) groups is 1. The molecule has 110 valence electrons. The molecular weight excluding hydrogens is 254 g/mol. The number of aliphatic hydroxyl groups is 1. The van der Waals surface area contributed by atoms with E-state index < -0.39 is 5.60 Å². The number of hydrogen-bond acceptors (Lipinski definition) is 3. The molecule has 0 bridgehead atoms. The number of aryl methyl sites for hydroxylation is 1. The Balaban J connectivity index is 1.94. The summed E-state index contributed by atoms with van der Waals surface area (Å²) in [5.41, 5.74) is 1.23. The molecule has 1 aromatic carbocycles. The topological polar surface area (TPSA) is 58.6 Å². The number of rotatable bonds is 6. The highest BCUT2D eigenvalue weighted by molar-refractivity contribution is 5.75. The number of methoxy groups -OCH3 is 1. The molecule has 4 heteroatoms. The molecule has 0 saturated carbocycles. The average Bonchev–Trinajstić information content (AvgIpc) is 2.46. The molecule has 4 nitrogen and oxygen atoms in total. The van der Waals surface area contributed by atoms with Crippen LogP contribution in [0.15, 0.2) is 24.3 Å². The van der Waals surface area contributed by atoms with E-state index in [9.17, 15) is 9.90 Å². The van der Waals surface area contributed by atoms with Crippen molar-refractivity contribution in [2.75, 3.05) is 20.3 Å². The molecule has 2 N–H and O–H groups in total. The maximum Gasteiger partial charge on any atom is 0.220 e. The molecule has 0 spiro atoms. The van der Waals surface area contributed by atoms with E-state index in [4.69, 9.17) is 4.74 Å². The highest BCUT2D eigenvalue weighted by atomic mass is 16.5. The van der Waals surface area contributed by atoms with E-state index in [0.29, 0.717) is 25.9 Å². The molecule has 1 atom stereocenters. The van der Waals surface area contributed by atoms with Gasteiger partial charge in [-0.3, -0.25) is 4.79 Å². The van der Waals surface area contributed by atoms with Gasteiger partial charge in [0.05, 0.1) is 6.54 Å². The summed E-state index contributed by atoms with van der Waals surface area (Å²) in [7, 11) is 1.62. The highest BCUT2D eigenvalue weighted by Gasteiger charge is 2.34. The van der Waals surface area contributed by atoms with Crippen LogP contribution >= 0.6 is 0 Å². The molecule has 20 heavy (non-hydrogen) atoms. The predicted octanol–water partition coefficient (Wildman–Crippen LogP) is 1.75. The third kappa shape index (κ3) is 3.58. The third-order valence-electron chi connectivity index (χ3n) is 3.89. The van der Waals surface area contributed by atoms with Crippen LogP contribution in [0.25, 0.3) is 0 Å². The normalized spacial score (nSPS) is 21.3. The van der Waals surface area contributed by atoms with Crippen LogP contribution in [0.2, 0.25) is 0 Å². The maximum absolute atomic E-state index is 11.7. The summed E-state index contributed by atoms with van der Waals surface area (Å²) in [5, 5.41) is 13.7. The second kappa shape index (κ2) is 6.86. The van der Waals surface area contributed by atoms with Gasteiger partial charge in [0.15, 0.2) is 0 Å². The number of benzene rings is 1. The molecule has 0 fully saturated rings. The molecule has 1 unspecified atom stereocenters. The van der Waals surface area contributed by atoms with Crippen molar-refractivity contribution in [2.45, 2.75) is 37.7 Å². The van der Waals surface area contributed by atoms with Crippen LogP contribution in [0, 0.1) is 0 Å². The first-order chi connectivity index (χ1) is 9.65. The van der Waals surface area contributed by atoms with Crippen LogP contribution in [-0.2, 0) is 21.6 Å². The maximum atomic E-state index is 11.7. The predicted molar refractivity (Wildman–Crippen MR) is 77.4 cm³/mol. The Morgan fingerprint density at radius 1 is 1.45 bits per heavy atom. The fourth-order valence-corrected chi connectivity index (χ4v) is 2.79. The van der Waals surface area contributed by atoms with Gasteiger partial charge in [-0.05, 0) is 36.8 Å². The van der Waals surface area contributed by atoms with Crippen molar-refractivity contribution in [3.63, 3.8) is 0 Å². The smallest absolute Gasteiger partial charge is 0.220 e.